The van der Waals surface area contributed by atoms with E-state index in [2.05, 4.69) is 16.0 Å². The third-order valence-corrected chi connectivity index (χ3v) is 5.50. The molecule has 0 spiro atoms. The molecule has 3 amide bonds. The summed E-state index contributed by atoms with van der Waals surface area (Å²) in [4.78, 5) is 48.0. The Morgan fingerprint density at radius 3 is 2.10 bits per heavy atom. The molecule has 0 bridgehead atoms. The van der Waals surface area contributed by atoms with Gasteiger partial charge in [-0.3, -0.25) is 14.4 Å². The van der Waals surface area contributed by atoms with Crippen molar-refractivity contribution in [3.8, 4) is 0 Å². The van der Waals surface area contributed by atoms with E-state index in [1.807, 2.05) is 12.5 Å². The predicted molar refractivity (Wildman–Crippen MR) is 121 cm³/mol. The van der Waals surface area contributed by atoms with Gasteiger partial charge in [0.15, 0.2) is 0 Å². The van der Waals surface area contributed by atoms with Gasteiger partial charge in [-0.2, -0.15) is 23.5 Å². The van der Waals surface area contributed by atoms with Crippen molar-refractivity contribution in [1.29, 1.82) is 0 Å². The minimum absolute atomic E-state index is 0.257. The van der Waals surface area contributed by atoms with Crippen LogP contribution in [0.1, 0.15) is 32.1 Å². The van der Waals surface area contributed by atoms with Crippen molar-refractivity contribution in [3.63, 3.8) is 0 Å². The Morgan fingerprint density at radius 1 is 0.900 bits per heavy atom. The highest BCUT2D eigenvalue weighted by molar-refractivity contribution is 7.98. The van der Waals surface area contributed by atoms with E-state index in [1.165, 1.54) is 11.8 Å². The van der Waals surface area contributed by atoms with Gasteiger partial charge in [-0.1, -0.05) is 0 Å². The van der Waals surface area contributed by atoms with Crippen molar-refractivity contribution >= 4 is 47.2 Å². The third kappa shape index (κ3) is 12.9. The fourth-order valence-corrected chi connectivity index (χ4v) is 3.41. The molecule has 0 saturated carbocycles. The number of carbonyl (C=O) groups is 4. The first-order valence-electron chi connectivity index (χ1n) is 9.80. The average molecular weight is 466 g/mol. The van der Waals surface area contributed by atoms with Gasteiger partial charge in [0.2, 0.25) is 17.7 Å². The zero-order chi connectivity index (χ0) is 22.9. The Labute approximate surface area is 186 Å². The zero-order valence-electron chi connectivity index (χ0n) is 17.6. The average Bonchev–Trinajstić information content (AvgIpc) is 2.72. The summed E-state index contributed by atoms with van der Waals surface area (Å²) < 4.78 is 0. The normalized spacial score (nSPS) is 13.7. The molecule has 10 nitrogen and oxygen atoms in total. The van der Waals surface area contributed by atoms with Crippen molar-refractivity contribution in [2.24, 2.45) is 11.5 Å². The van der Waals surface area contributed by atoms with E-state index in [9.17, 15) is 24.3 Å². The second-order valence-electron chi connectivity index (χ2n) is 6.69. The zero-order valence-corrected chi connectivity index (χ0v) is 19.3. The first-order valence-corrected chi connectivity index (χ1v) is 12.6. The third-order valence-electron chi connectivity index (χ3n) is 4.22. The predicted octanol–water partition coefficient (Wildman–Crippen LogP) is -0.881. The molecule has 0 aromatic carbocycles. The van der Waals surface area contributed by atoms with Crippen molar-refractivity contribution in [1.82, 2.24) is 16.0 Å². The van der Waals surface area contributed by atoms with Crippen LogP contribution in [0, 0.1) is 0 Å². The van der Waals surface area contributed by atoms with E-state index in [4.69, 9.17) is 11.5 Å². The number of aliphatic carboxylic acids is 1. The molecule has 8 N–H and O–H groups in total. The Kier molecular flexibility index (Phi) is 16.3. The number of carboxylic acid groups (broad SMARTS) is 1. The highest BCUT2D eigenvalue weighted by Crippen LogP contribution is 2.04. The fourth-order valence-electron chi connectivity index (χ4n) is 2.45. The number of nitrogens with two attached hydrogens (primary N) is 2. The van der Waals surface area contributed by atoms with Crippen LogP contribution in [0.2, 0.25) is 0 Å². The molecule has 0 aliphatic rings. The molecule has 0 radical (unpaired) electrons. The van der Waals surface area contributed by atoms with E-state index in [-0.39, 0.29) is 13.0 Å². The lowest BCUT2D eigenvalue weighted by atomic mass is 10.1. The Morgan fingerprint density at radius 2 is 1.53 bits per heavy atom. The number of carbonyl (C=O) groups excluding carboxylic acids is 3. The fraction of sp³-hybridized carbons (Fsp3) is 0.778. The maximum Gasteiger partial charge on any atom is 0.326 e. The Hall–Kier alpha value is -1.50. The van der Waals surface area contributed by atoms with E-state index in [0.29, 0.717) is 38.0 Å². The number of amides is 3. The monoisotopic (exact) mass is 465 g/mol. The van der Waals surface area contributed by atoms with Gasteiger partial charge in [-0.15, -0.1) is 0 Å². The van der Waals surface area contributed by atoms with Gasteiger partial charge >= 0.3 is 5.97 Å². The SMILES string of the molecule is CSCCC(N)C(=O)NC(CCSC)C(=O)NCC(=O)NC(CCCCN)C(=O)O. The number of rotatable bonds is 17. The second kappa shape index (κ2) is 17.2. The molecule has 12 heteroatoms. The molecule has 174 valence electrons. The summed E-state index contributed by atoms with van der Waals surface area (Å²) in [6.07, 6.45) is 6.15. The maximum atomic E-state index is 12.5. The van der Waals surface area contributed by atoms with Crippen LogP contribution < -0.4 is 27.4 Å². The topological polar surface area (TPSA) is 177 Å². The molecule has 30 heavy (non-hydrogen) atoms. The van der Waals surface area contributed by atoms with Crippen molar-refractivity contribution < 1.29 is 24.3 Å². The summed E-state index contributed by atoms with van der Waals surface area (Å²) in [7, 11) is 0. The van der Waals surface area contributed by atoms with Gasteiger partial charge in [0, 0.05) is 0 Å². The number of hydrogen-bond donors (Lipinski definition) is 6. The van der Waals surface area contributed by atoms with E-state index in [1.54, 1.807) is 11.8 Å². The van der Waals surface area contributed by atoms with Crippen molar-refractivity contribution in [3.05, 3.63) is 0 Å². The van der Waals surface area contributed by atoms with Gasteiger partial charge in [0.1, 0.15) is 12.1 Å². The van der Waals surface area contributed by atoms with Gasteiger partial charge in [-0.25, -0.2) is 4.79 Å². The smallest absolute Gasteiger partial charge is 0.326 e. The Balaban J connectivity index is 4.69. The minimum atomic E-state index is -1.14. The molecule has 0 aliphatic heterocycles. The molecule has 0 aromatic heterocycles. The molecule has 0 aliphatic carbocycles. The lowest BCUT2D eigenvalue weighted by Gasteiger charge is -2.21. The largest absolute Gasteiger partial charge is 0.480 e. The second-order valence-corrected chi connectivity index (χ2v) is 8.66. The molecule has 0 rings (SSSR count). The summed E-state index contributed by atoms with van der Waals surface area (Å²) in [6, 6.07) is -2.57. The quantitative estimate of drug-likeness (QED) is 0.149. The highest BCUT2D eigenvalue weighted by atomic mass is 32.2. The summed E-state index contributed by atoms with van der Waals surface area (Å²) in [5, 5.41) is 16.7. The van der Waals surface area contributed by atoms with Crippen molar-refractivity contribution in [2.45, 2.75) is 50.2 Å². The number of thioether (sulfide) groups is 2. The molecule has 3 atom stereocenters. The molecular formula is C18H35N5O5S2. The van der Waals surface area contributed by atoms with Crippen LogP contribution in [0.15, 0.2) is 0 Å². The van der Waals surface area contributed by atoms with E-state index < -0.39 is 41.8 Å². The minimum Gasteiger partial charge on any atom is -0.480 e. The van der Waals surface area contributed by atoms with Gasteiger partial charge in [0.25, 0.3) is 0 Å². The maximum absolute atomic E-state index is 12.5. The van der Waals surface area contributed by atoms with Crippen molar-refractivity contribution in [2.75, 3.05) is 37.1 Å². The summed E-state index contributed by atoms with van der Waals surface area (Å²) in [6.45, 7) is 0.0596. The number of carboxylic acids is 1. The van der Waals surface area contributed by atoms with Gasteiger partial charge < -0.3 is 32.5 Å². The Bertz CT molecular complexity index is 553. The van der Waals surface area contributed by atoms with Gasteiger partial charge in [0.05, 0.1) is 12.6 Å². The van der Waals surface area contributed by atoms with E-state index >= 15 is 0 Å². The molecular weight excluding hydrogens is 430 g/mol. The van der Waals surface area contributed by atoms with Crippen LogP contribution in [0.4, 0.5) is 0 Å². The number of nitrogens with one attached hydrogen (secondary N) is 3. The first-order chi connectivity index (χ1) is 14.3. The molecule has 3 unspecified atom stereocenters. The van der Waals surface area contributed by atoms with Crippen LogP contribution >= 0.6 is 23.5 Å². The van der Waals surface area contributed by atoms with Crippen LogP contribution in [-0.2, 0) is 19.2 Å². The number of hydrogen-bond acceptors (Lipinski definition) is 8. The molecule has 0 heterocycles. The number of unbranched alkanes of at least 4 members (excludes halogenated alkanes) is 1. The lowest BCUT2D eigenvalue weighted by molar-refractivity contribution is -0.142. The van der Waals surface area contributed by atoms with Gasteiger partial charge in [-0.05, 0) is 62.7 Å². The standard InChI is InChI=1S/C18H35N5O5S2/c1-29-9-6-12(20)16(25)23-13(7-10-30-2)17(26)21-11-15(24)22-14(18(27)28)5-3-4-8-19/h12-14H,3-11,19-20H2,1-2H3,(H,21,26)(H,22,24)(H,23,25)(H,27,28). The van der Waals surface area contributed by atoms with E-state index in [0.717, 1.165) is 5.75 Å². The highest BCUT2D eigenvalue weighted by Gasteiger charge is 2.24. The first kappa shape index (κ1) is 28.5. The summed E-state index contributed by atoms with van der Waals surface area (Å²) in [5.41, 5.74) is 11.2. The molecule has 0 saturated heterocycles. The van der Waals surface area contributed by atoms with Crippen LogP contribution in [0.3, 0.4) is 0 Å². The molecule has 0 fully saturated rings. The van der Waals surface area contributed by atoms with Crippen LogP contribution in [0.5, 0.6) is 0 Å². The summed E-state index contributed by atoms with van der Waals surface area (Å²) >= 11 is 3.10. The van der Waals surface area contributed by atoms with Crippen LogP contribution in [0.25, 0.3) is 0 Å². The van der Waals surface area contributed by atoms with Crippen LogP contribution in [-0.4, -0.2) is 84.0 Å². The lowest BCUT2D eigenvalue weighted by Crippen LogP contribution is -2.53. The molecule has 0 aromatic rings. The summed E-state index contributed by atoms with van der Waals surface area (Å²) in [5.74, 6) is -1.33.